The molecule has 2 atom stereocenters. The van der Waals surface area contributed by atoms with E-state index in [1.807, 2.05) is 12.1 Å². The van der Waals surface area contributed by atoms with Gasteiger partial charge in [-0.05, 0) is 25.0 Å². The lowest BCUT2D eigenvalue weighted by atomic mass is 10.1. The molecule has 3 aromatic heterocycles. The number of nitrogens with one attached hydrogen (secondary N) is 1. The Balaban J connectivity index is 1.42. The summed E-state index contributed by atoms with van der Waals surface area (Å²) < 4.78 is 8.75. The third-order valence-corrected chi connectivity index (χ3v) is 4.93. The van der Waals surface area contributed by atoms with Crippen LogP contribution in [-0.4, -0.2) is 48.8 Å². The Morgan fingerprint density at radius 2 is 2.11 bits per heavy atom. The highest BCUT2D eigenvalue weighted by Crippen LogP contribution is 2.39. The van der Waals surface area contributed by atoms with Crippen molar-refractivity contribution < 1.29 is 4.74 Å². The Morgan fingerprint density at radius 3 is 2.93 bits per heavy atom. The van der Waals surface area contributed by atoms with Crippen LogP contribution in [0.4, 0.5) is 5.82 Å². The number of rotatable bonds is 5. The Labute approximate surface area is 155 Å². The Kier molecular flexibility index (Phi) is 3.93. The first kappa shape index (κ1) is 16.1. The van der Waals surface area contributed by atoms with Crippen molar-refractivity contribution in [2.75, 3.05) is 18.5 Å². The highest BCUT2D eigenvalue weighted by atomic mass is 16.5. The van der Waals surface area contributed by atoms with Gasteiger partial charge >= 0.3 is 0 Å². The molecule has 2 aliphatic rings. The molecule has 9 nitrogen and oxygen atoms in total. The van der Waals surface area contributed by atoms with Crippen molar-refractivity contribution in [3.8, 4) is 5.82 Å². The molecule has 0 bridgehead atoms. The molecule has 1 saturated carbocycles. The van der Waals surface area contributed by atoms with E-state index in [2.05, 4.69) is 25.5 Å². The maximum atomic E-state index is 12.4. The quantitative estimate of drug-likeness (QED) is 0.724. The molecule has 2 fully saturated rings. The molecule has 9 heteroatoms. The predicted octanol–water partition coefficient (Wildman–Crippen LogP) is 1.15. The van der Waals surface area contributed by atoms with E-state index in [-0.39, 0.29) is 17.6 Å². The van der Waals surface area contributed by atoms with Gasteiger partial charge in [-0.15, -0.1) is 5.10 Å². The van der Waals surface area contributed by atoms with Crippen LogP contribution in [0.5, 0.6) is 0 Å². The summed E-state index contributed by atoms with van der Waals surface area (Å²) in [5, 5.41) is 12.1. The van der Waals surface area contributed by atoms with E-state index in [0.717, 1.165) is 11.5 Å². The molecule has 5 rings (SSSR count). The monoisotopic (exact) mass is 365 g/mol. The van der Waals surface area contributed by atoms with Crippen molar-refractivity contribution in [1.82, 2.24) is 29.5 Å². The summed E-state index contributed by atoms with van der Waals surface area (Å²) in [6, 6.07) is 6.64. The second kappa shape index (κ2) is 6.58. The van der Waals surface area contributed by atoms with Crippen LogP contribution in [0, 0.1) is 0 Å². The van der Waals surface area contributed by atoms with Gasteiger partial charge in [-0.2, -0.15) is 5.10 Å². The van der Waals surface area contributed by atoms with Crippen LogP contribution in [0.25, 0.3) is 5.82 Å². The fourth-order valence-electron chi connectivity index (χ4n) is 3.34. The van der Waals surface area contributed by atoms with E-state index in [0.29, 0.717) is 24.9 Å². The number of nitrogens with zero attached hydrogens (tertiary/aromatic N) is 6. The van der Waals surface area contributed by atoms with Crippen LogP contribution in [0.2, 0.25) is 0 Å². The lowest BCUT2D eigenvalue weighted by molar-refractivity contribution is 0.182. The fraction of sp³-hybridized carbons (Fsp3) is 0.389. The third-order valence-electron chi connectivity index (χ3n) is 4.93. The maximum Gasteiger partial charge on any atom is 0.267 e. The second-order valence-electron chi connectivity index (χ2n) is 6.88. The molecule has 3 aromatic rings. The van der Waals surface area contributed by atoms with Gasteiger partial charge in [0, 0.05) is 36.1 Å². The van der Waals surface area contributed by atoms with Crippen molar-refractivity contribution in [1.29, 1.82) is 0 Å². The van der Waals surface area contributed by atoms with Crippen LogP contribution in [0.15, 0.2) is 47.8 Å². The summed E-state index contributed by atoms with van der Waals surface area (Å²) in [4.78, 5) is 21.1. The van der Waals surface area contributed by atoms with E-state index >= 15 is 0 Å². The van der Waals surface area contributed by atoms with Gasteiger partial charge in [0.05, 0.1) is 19.3 Å². The zero-order valence-corrected chi connectivity index (χ0v) is 14.6. The standard InChI is InChI=1S/C18H19N7O2/c26-18-5-4-17(24-7-1-6-21-24)23-25(18)15-10-27-9-14(15)22-16-8-13(12-2-3-12)19-11-20-16/h1,4-8,11-12,14-15H,2-3,9-10H2,(H,19,20,22). The Bertz CT molecular complexity index is 997. The molecule has 1 aliphatic heterocycles. The van der Waals surface area contributed by atoms with Gasteiger partial charge in [0.25, 0.3) is 5.56 Å². The molecule has 2 unspecified atom stereocenters. The summed E-state index contributed by atoms with van der Waals surface area (Å²) in [5.74, 6) is 1.89. The van der Waals surface area contributed by atoms with E-state index in [1.165, 1.54) is 23.6 Å². The molecular weight excluding hydrogens is 346 g/mol. The molecule has 138 valence electrons. The molecular formula is C18H19N7O2. The number of hydrogen-bond donors (Lipinski definition) is 1. The van der Waals surface area contributed by atoms with Gasteiger partial charge in [-0.25, -0.2) is 19.3 Å². The average Bonchev–Trinajstić information content (AvgIpc) is 3.20. The molecule has 4 heterocycles. The van der Waals surface area contributed by atoms with Crippen LogP contribution < -0.4 is 10.9 Å². The highest BCUT2D eigenvalue weighted by Gasteiger charge is 2.32. The van der Waals surface area contributed by atoms with Gasteiger partial charge in [0.2, 0.25) is 0 Å². The minimum Gasteiger partial charge on any atom is -0.377 e. The largest absolute Gasteiger partial charge is 0.377 e. The lowest BCUT2D eigenvalue weighted by Crippen LogP contribution is -2.37. The van der Waals surface area contributed by atoms with Crippen LogP contribution >= 0.6 is 0 Å². The molecule has 0 aromatic carbocycles. The summed E-state index contributed by atoms with van der Waals surface area (Å²) in [5.41, 5.74) is 0.897. The Morgan fingerprint density at radius 1 is 1.19 bits per heavy atom. The minimum atomic E-state index is -0.229. The SMILES string of the molecule is O=c1ccc(-n2cccn2)nn1C1COCC1Nc1cc(C2CC2)ncn1. The third kappa shape index (κ3) is 3.21. The Hall–Kier alpha value is -3.07. The van der Waals surface area contributed by atoms with E-state index in [1.54, 1.807) is 29.5 Å². The smallest absolute Gasteiger partial charge is 0.267 e. The highest BCUT2D eigenvalue weighted by molar-refractivity contribution is 5.38. The average molecular weight is 365 g/mol. The first-order chi connectivity index (χ1) is 13.3. The normalized spacial score (nSPS) is 22.1. The lowest BCUT2D eigenvalue weighted by Gasteiger charge is -2.21. The van der Waals surface area contributed by atoms with Gasteiger partial charge < -0.3 is 10.1 Å². The predicted molar refractivity (Wildman–Crippen MR) is 96.9 cm³/mol. The number of ether oxygens (including phenoxy) is 1. The maximum absolute atomic E-state index is 12.4. The second-order valence-corrected chi connectivity index (χ2v) is 6.88. The number of aromatic nitrogens is 6. The van der Waals surface area contributed by atoms with E-state index in [4.69, 9.17) is 4.74 Å². The van der Waals surface area contributed by atoms with E-state index < -0.39 is 0 Å². The fourth-order valence-corrected chi connectivity index (χ4v) is 3.34. The van der Waals surface area contributed by atoms with Crippen molar-refractivity contribution in [2.45, 2.75) is 30.8 Å². The summed E-state index contributed by atoms with van der Waals surface area (Å²) in [7, 11) is 0. The first-order valence-corrected chi connectivity index (χ1v) is 9.04. The van der Waals surface area contributed by atoms with Crippen molar-refractivity contribution in [3.63, 3.8) is 0 Å². The van der Waals surface area contributed by atoms with Crippen LogP contribution in [0.1, 0.15) is 30.5 Å². The molecule has 1 N–H and O–H groups in total. The van der Waals surface area contributed by atoms with Crippen molar-refractivity contribution in [3.05, 3.63) is 59.0 Å². The number of anilines is 1. The van der Waals surface area contributed by atoms with E-state index in [9.17, 15) is 4.79 Å². The number of hydrogen-bond acceptors (Lipinski definition) is 7. The van der Waals surface area contributed by atoms with Crippen molar-refractivity contribution in [2.24, 2.45) is 0 Å². The van der Waals surface area contributed by atoms with Gasteiger partial charge in [0.15, 0.2) is 5.82 Å². The molecule has 0 amide bonds. The topological polar surface area (TPSA) is 99.8 Å². The van der Waals surface area contributed by atoms with Gasteiger partial charge in [0.1, 0.15) is 18.2 Å². The van der Waals surface area contributed by atoms with Gasteiger partial charge in [-0.1, -0.05) is 0 Å². The van der Waals surface area contributed by atoms with Crippen molar-refractivity contribution >= 4 is 5.82 Å². The zero-order chi connectivity index (χ0) is 18.2. The van der Waals surface area contributed by atoms with Crippen LogP contribution in [-0.2, 0) is 4.74 Å². The summed E-state index contributed by atoms with van der Waals surface area (Å²) >= 11 is 0. The summed E-state index contributed by atoms with van der Waals surface area (Å²) in [6.45, 7) is 0.890. The molecule has 27 heavy (non-hydrogen) atoms. The van der Waals surface area contributed by atoms with Gasteiger partial charge in [-0.3, -0.25) is 4.79 Å². The molecule has 1 aliphatic carbocycles. The first-order valence-electron chi connectivity index (χ1n) is 9.04. The molecule has 0 spiro atoms. The molecule has 0 radical (unpaired) electrons. The zero-order valence-electron chi connectivity index (χ0n) is 14.6. The summed E-state index contributed by atoms with van der Waals surface area (Å²) in [6.07, 6.45) is 7.42. The van der Waals surface area contributed by atoms with Crippen LogP contribution in [0.3, 0.4) is 0 Å². The minimum absolute atomic E-state index is 0.106. The molecule has 1 saturated heterocycles.